The summed E-state index contributed by atoms with van der Waals surface area (Å²) in [5.74, 6) is -0.428. The molecule has 1 unspecified atom stereocenters. The van der Waals surface area contributed by atoms with Crippen LogP contribution >= 0.6 is 0 Å². The molecule has 0 aromatic heterocycles. The van der Waals surface area contributed by atoms with Crippen LogP contribution in [0.3, 0.4) is 0 Å². The van der Waals surface area contributed by atoms with Crippen LogP contribution in [-0.2, 0) is 20.8 Å². The minimum atomic E-state index is -0.550. The first-order chi connectivity index (χ1) is 11.6. The van der Waals surface area contributed by atoms with E-state index in [-0.39, 0.29) is 36.2 Å². The Labute approximate surface area is 150 Å². The van der Waals surface area contributed by atoms with Crippen molar-refractivity contribution in [2.75, 3.05) is 20.1 Å². The van der Waals surface area contributed by atoms with E-state index < -0.39 is 6.04 Å². The molecule has 0 fully saturated rings. The average Bonchev–Trinajstić information content (AvgIpc) is 2.44. The first kappa shape index (κ1) is 20.8. The molecule has 25 heavy (non-hydrogen) atoms. The summed E-state index contributed by atoms with van der Waals surface area (Å²) < 4.78 is 0. The third kappa shape index (κ3) is 9.00. The standard InChI is InChI=1S/C19H29N3O3/c1-14(23)16(11-15-9-7-6-8-10-15)20-17(24)12-22(5)13-18(25)21-19(2,3)4/h6-10,16H,11-13H2,1-5H3,(H,20,24)(H,21,25)/p+1/t16-/m0/s1. The van der Waals surface area contributed by atoms with E-state index in [4.69, 9.17) is 0 Å². The minimum Gasteiger partial charge on any atom is -0.347 e. The molecule has 0 saturated heterocycles. The smallest absolute Gasteiger partial charge is 0.275 e. The van der Waals surface area contributed by atoms with Gasteiger partial charge in [0, 0.05) is 5.54 Å². The third-order valence-corrected chi connectivity index (χ3v) is 3.55. The molecule has 6 heteroatoms. The Balaban J connectivity index is 2.52. The maximum absolute atomic E-state index is 12.2. The van der Waals surface area contributed by atoms with E-state index in [1.807, 2.05) is 51.1 Å². The lowest BCUT2D eigenvalue weighted by Gasteiger charge is -2.22. The largest absolute Gasteiger partial charge is 0.347 e. The van der Waals surface area contributed by atoms with Gasteiger partial charge in [-0.1, -0.05) is 30.3 Å². The molecule has 1 aromatic carbocycles. The van der Waals surface area contributed by atoms with E-state index in [0.29, 0.717) is 6.42 Å². The van der Waals surface area contributed by atoms with Gasteiger partial charge in [0.2, 0.25) is 0 Å². The number of benzene rings is 1. The normalized spacial score (nSPS) is 13.6. The Morgan fingerprint density at radius 1 is 1.04 bits per heavy atom. The van der Waals surface area contributed by atoms with E-state index in [2.05, 4.69) is 10.6 Å². The maximum atomic E-state index is 12.2. The Bertz CT molecular complexity index is 594. The molecular weight excluding hydrogens is 318 g/mol. The van der Waals surface area contributed by atoms with Gasteiger partial charge in [-0.15, -0.1) is 0 Å². The van der Waals surface area contributed by atoms with Gasteiger partial charge >= 0.3 is 0 Å². The Morgan fingerprint density at radius 3 is 2.12 bits per heavy atom. The first-order valence-electron chi connectivity index (χ1n) is 8.53. The van der Waals surface area contributed by atoms with Crippen LogP contribution in [0.25, 0.3) is 0 Å². The van der Waals surface area contributed by atoms with Gasteiger partial charge in [0.1, 0.15) is 0 Å². The zero-order valence-corrected chi connectivity index (χ0v) is 15.8. The second kappa shape index (κ2) is 9.32. The van der Waals surface area contributed by atoms with Gasteiger partial charge < -0.3 is 15.5 Å². The highest BCUT2D eigenvalue weighted by Gasteiger charge is 2.22. The van der Waals surface area contributed by atoms with Crippen molar-refractivity contribution in [2.24, 2.45) is 0 Å². The molecular formula is C19H30N3O3+. The molecule has 6 nitrogen and oxygen atoms in total. The van der Waals surface area contributed by atoms with E-state index in [0.717, 1.165) is 10.5 Å². The quantitative estimate of drug-likeness (QED) is 0.605. The third-order valence-electron chi connectivity index (χ3n) is 3.55. The molecule has 0 bridgehead atoms. The Morgan fingerprint density at radius 2 is 1.60 bits per heavy atom. The van der Waals surface area contributed by atoms with Gasteiger partial charge in [0.25, 0.3) is 11.8 Å². The van der Waals surface area contributed by atoms with Crippen LogP contribution in [-0.4, -0.2) is 49.3 Å². The summed E-state index contributed by atoms with van der Waals surface area (Å²) in [6.45, 7) is 7.54. The summed E-state index contributed by atoms with van der Waals surface area (Å²) in [7, 11) is 1.78. The predicted octanol–water partition coefficient (Wildman–Crippen LogP) is -0.268. The number of nitrogens with one attached hydrogen (secondary N) is 3. The number of hydrogen-bond donors (Lipinski definition) is 3. The number of rotatable bonds is 8. The highest BCUT2D eigenvalue weighted by atomic mass is 16.2. The molecule has 0 aliphatic carbocycles. The number of hydrogen-bond acceptors (Lipinski definition) is 3. The Hall–Kier alpha value is -2.21. The molecule has 3 N–H and O–H groups in total. The predicted molar refractivity (Wildman–Crippen MR) is 97.3 cm³/mol. The van der Waals surface area contributed by atoms with Gasteiger partial charge in [0.15, 0.2) is 18.9 Å². The second-order valence-corrected chi connectivity index (χ2v) is 7.53. The number of ketones is 1. The van der Waals surface area contributed by atoms with Crippen LogP contribution in [0.5, 0.6) is 0 Å². The molecule has 1 aromatic rings. The summed E-state index contributed by atoms with van der Waals surface area (Å²) in [6.07, 6.45) is 0.464. The van der Waals surface area contributed by atoms with E-state index >= 15 is 0 Å². The van der Waals surface area contributed by atoms with E-state index in [1.54, 1.807) is 7.05 Å². The molecule has 0 saturated carbocycles. The molecule has 1 rings (SSSR count). The number of quaternary nitrogens is 1. The van der Waals surface area contributed by atoms with Crippen molar-refractivity contribution in [1.82, 2.24) is 10.6 Å². The first-order valence-corrected chi connectivity index (χ1v) is 8.53. The van der Waals surface area contributed by atoms with Crippen LogP contribution in [0.2, 0.25) is 0 Å². The van der Waals surface area contributed by atoms with Crippen molar-refractivity contribution in [2.45, 2.75) is 45.7 Å². The van der Waals surface area contributed by atoms with Crippen LogP contribution in [0.15, 0.2) is 30.3 Å². The number of Topliss-reactive ketones (excluding diaryl/α,β-unsaturated/α-hetero) is 1. The minimum absolute atomic E-state index is 0.0830. The van der Waals surface area contributed by atoms with Crippen LogP contribution in [0.4, 0.5) is 0 Å². The van der Waals surface area contributed by atoms with Crippen LogP contribution in [0.1, 0.15) is 33.3 Å². The number of carbonyl (C=O) groups excluding carboxylic acids is 3. The fourth-order valence-corrected chi connectivity index (χ4v) is 2.46. The van der Waals surface area contributed by atoms with Crippen molar-refractivity contribution in [3.63, 3.8) is 0 Å². The molecule has 0 heterocycles. The zero-order chi connectivity index (χ0) is 19.0. The average molecular weight is 348 g/mol. The molecule has 0 spiro atoms. The van der Waals surface area contributed by atoms with Crippen molar-refractivity contribution in [1.29, 1.82) is 0 Å². The van der Waals surface area contributed by atoms with Gasteiger partial charge in [0.05, 0.1) is 13.1 Å². The zero-order valence-electron chi connectivity index (χ0n) is 15.8. The van der Waals surface area contributed by atoms with E-state index in [1.165, 1.54) is 6.92 Å². The highest BCUT2D eigenvalue weighted by Crippen LogP contribution is 2.04. The lowest BCUT2D eigenvalue weighted by Crippen LogP contribution is -3.11. The molecule has 2 atom stereocenters. The number of likely N-dealkylation sites (N-methyl/N-ethyl adjacent to an activating group) is 1. The Kier molecular flexibility index (Phi) is 7.77. The van der Waals surface area contributed by atoms with Gasteiger partial charge in [-0.2, -0.15) is 0 Å². The summed E-state index contributed by atoms with van der Waals surface area (Å²) in [6, 6.07) is 9.02. The summed E-state index contributed by atoms with van der Waals surface area (Å²) in [5, 5.41) is 5.65. The topological polar surface area (TPSA) is 79.7 Å². The molecule has 0 radical (unpaired) electrons. The monoisotopic (exact) mass is 348 g/mol. The SMILES string of the molecule is CC(=O)[C@H](Cc1ccccc1)NC(=O)C[NH+](C)CC(=O)NC(C)(C)C. The summed E-state index contributed by atoms with van der Waals surface area (Å²) >= 11 is 0. The van der Waals surface area contributed by atoms with Crippen molar-refractivity contribution in [3.05, 3.63) is 35.9 Å². The fraction of sp³-hybridized carbons (Fsp3) is 0.526. The lowest BCUT2D eigenvalue weighted by atomic mass is 10.0. The molecule has 0 aliphatic heterocycles. The fourth-order valence-electron chi connectivity index (χ4n) is 2.46. The molecule has 2 amide bonds. The summed E-state index contributed by atoms with van der Waals surface area (Å²) in [5.41, 5.74) is 0.697. The molecule has 138 valence electrons. The summed E-state index contributed by atoms with van der Waals surface area (Å²) in [4.78, 5) is 36.7. The maximum Gasteiger partial charge on any atom is 0.275 e. The van der Waals surface area contributed by atoms with Crippen molar-refractivity contribution >= 4 is 17.6 Å². The van der Waals surface area contributed by atoms with Crippen LogP contribution < -0.4 is 15.5 Å². The number of carbonyl (C=O) groups is 3. The lowest BCUT2D eigenvalue weighted by molar-refractivity contribution is -0.862. The van der Waals surface area contributed by atoms with Crippen LogP contribution in [0, 0.1) is 0 Å². The van der Waals surface area contributed by atoms with Gasteiger partial charge in [-0.05, 0) is 39.7 Å². The van der Waals surface area contributed by atoms with Crippen molar-refractivity contribution in [3.8, 4) is 0 Å². The number of amides is 2. The molecule has 0 aliphatic rings. The highest BCUT2D eigenvalue weighted by molar-refractivity contribution is 5.88. The van der Waals surface area contributed by atoms with Crippen molar-refractivity contribution < 1.29 is 19.3 Å². The van der Waals surface area contributed by atoms with E-state index in [9.17, 15) is 14.4 Å². The van der Waals surface area contributed by atoms with Gasteiger partial charge in [-0.3, -0.25) is 14.4 Å². The van der Waals surface area contributed by atoms with Gasteiger partial charge in [-0.25, -0.2) is 0 Å². The second-order valence-electron chi connectivity index (χ2n) is 7.53.